The van der Waals surface area contributed by atoms with E-state index in [4.69, 9.17) is 0 Å². The molecule has 0 aliphatic heterocycles. The van der Waals surface area contributed by atoms with Gasteiger partial charge in [0.25, 0.3) is 0 Å². The van der Waals surface area contributed by atoms with Crippen LogP contribution < -0.4 is 0 Å². The Labute approximate surface area is 257 Å². The van der Waals surface area contributed by atoms with Gasteiger partial charge in [0, 0.05) is 0 Å². The molecule has 8 aromatic carbocycles. The molecule has 44 heavy (non-hydrogen) atoms. The molecule has 0 heterocycles. The maximum absolute atomic E-state index is 2.44. The Hall–Kier alpha value is -5.46. The first-order valence-electron chi connectivity index (χ1n) is 15.5. The first kappa shape index (κ1) is 25.1. The zero-order chi connectivity index (χ0) is 29.3. The molecular weight excluding hydrogens is 528 g/mol. The molecule has 1 aliphatic carbocycles. The van der Waals surface area contributed by atoms with Gasteiger partial charge in [-0.2, -0.15) is 0 Å². The van der Waals surface area contributed by atoms with Crippen LogP contribution in [0.15, 0.2) is 164 Å². The lowest BCUT2D eigenvalue weighted by molar-refractivity contribution is 0.783. The minimum atomic E-state index is -0.490. The van der Waals surface area contributed by atoms with Gasteiger partial charge in [0.2, 0.25) is 0 Å². The summed E-state index contributed by atoms with van der Waals surface area (Å²) in [5.74, 6) is 0. The Balaban J connectivity index is 1.54. The predicted molar refractivity (Wildman–Crippen MR) is 186 cm³/mol. The summed E-state index contributed by atoms with van der Waals surface area (Å²) in [4.78, 5) is 0. The summed E-state index contributed by atoms with van der Waals surface area (Å²) in [5.41, 5.74) is 11.4. The van der Waals surface area contributed by atoms with Crippen molar-refractivity contribution in [3.8, 4) is 22.3 Å². The van der Waals surface area contributed by atoms with Crippen LogP contribution in [0.4, 0.5) is 0 Å². The van der Waals surface area contributed by atoms with Crippen molar-refractivity contribution in [2.45, 2.75) is 12.3 Å². The number of benzene rings is 8. The standard InChI is InChI=1S/C44H30/c1-29-26-27-34-33-19-11-12-25-40(33)44(41(34)28-29,31-16-3-2-4-17-31)43-38-22-9-7-20-36(38)42(37-21-8-10-23-39(37)43)35-24-13-15-30-14-5-6-18-32(30)35/h2-28H,1H3. The Kier molecular flexibility index (Phi) is 5.43. The van der Waals surface area contributed by atoms with E-state index in [1.807, 2.05) is 0 Å². The molecular formula is C44H30. The second-order valence-electron chi connectivity index (χ2n) is 12.1. The molecule has 0 N–H and O–H groups in total. The summed E-state index contributed by atoms with van der Waals surface area (Å²) >= 11 is 0. The molecule has 1 atom stereocenters. The van der Waals surface area contributed by atoms with E-state index < -0.39 is 5.41 Å². The van der Waals surface area contributed by atoms with Gasteiger partial charge >= 0.3 is 0 Å². The van der Waals surface area contributed by atoms with Gasteiger partial charge in [-0.25, -0.2) is 0 Å². The number of aryl methyl sites for hydroxylation is 1. The molecule has 206 valence electrons. The molecule has 0 spiro atoms. The molecule has 0 amide bonds. The molecule has 0 saturated carbocycles. The Morgan fingerprint density at radius 1 is 0.386 bits per heavy atom. The van der Waals surface area contributed by atoms with Crippen molar-refractivity contribution < 1.29 is 0 Å². The zero-order valence-corrected chi connectivity index (χ0v) is 24.6. The molecule has 9 rings (SSSR count). The van der Waals surface area contributed by atoms with E-state index in [0.717, 1.165) is 0 Å². The summed E-state index contributed by atoms with van der Waals surface area (Å²) in [7, 11) is 0. The fourth-order valence-corrected chi connectivity index (χ4v) is 8.07. The van der Waals surface area contributed by atoms with Crippen LogP contribution in [0, 0.1) is 6.92 Å². The second-order valence-corrected chi connectivity index (χ2v) is 12.1. The quantitative estimate of drug-likeness (QED) is 0.189. The van der Waals surface area contributed by atoms with Gasteiger partial charge in [0.15, 0.2) is 0 Å². The fourth-order valence-electron chi connectivity index (χ4n) is 8.07. The number of hydrogen-bond donors (Lipinski definition) is 0. The Morgan fingerprint density at radius 2 is 0.932 bits per heavy atom. The van der Waals surface area contributed by atoms with Crippen molar-refractivity contribution in [3.05, 3.63) is 192 Å². The van der Waals surface area contributed by atoms with Crippen molar-refractivity contribution >= 4 is 32.3 Å². The van der Waals surface area contributed by atoms with Gasteiger partial charge in [-0.15, -0.1) is 0 Å². The highest BCUT2D eigenvalue weighted by molar-refractivity contribution is 6.20. The summed E-state index contributed by atoms with van der Waals surface area (Å²) in [6.45, 7) is 2.22. The van der Waals surface area contributed by atoms with Gasteiger partial charge < -0.3 is 0 Å². The topological polar surface area (TPSA) is 0 Å². The van der Waals surface area contributed by atoms with Gasteiger partial charge in [-0.3, -0.25) is 0 Å². The van der Waals surface area contributed by atoms with E-state index in [1.54, 1.807) is 0 Å². The largest absolute Gasteiger partial charge is 0.0725 e. The summed E-state index contributed by atoms with van der Waals surface area (Å²) in [5, 5.41) is 7.70. The lowest BCUT2D eigenvalue weighted by atomic mass is 9.64. The molecule has 1 aliphatic rings. The van der Waals surface area contributed by atoms with Crippen molar-refractivity contribution in [2.24, 2.45) is 0 Å². The highest BCUT2D eigenvalue weighted by Gasteiger charge is 2.48. The Morgan fingerprint density at radius 3 is 1.68 bits per heavy atom. The number of fused-ring (bicyclic) bond motifs is 6. The van der Waals surface area contributed by atoms with Crippen LogP contribution in [0.25, 0.3) is 54.6 Å². The molecule has 0 radical (unpaired) electrons. The van der Waals surface area contributed by atoms with Crippen LogP contribution in [0.1, 0.15) is 27.8 Å². The molecule has 0 heteroatoms. The zero-order valence-electron chi connectivity index (χ0n) is 24.6. The van der Waals surface area contributed by atoms with Crippen LogP contribution >= 0.6 is 0 Å². The average Bonchev–Trinajstić information content (AvgIpc) is 3.37. The van der Waals surface area contributed by atoms with Crippen LogP contribution in [0.5, 0.6) is 0 Å². The Bertz CT molecular complexity index is 2330. The van der Waals surface area contributed by atoms with Crippen molar-refractivity contribution in [1.82, 2.24) is 0 Å². The van der Waals surface area contributed by atoms with Gasteiger partial charge in [0.05, 0.1) is 5.41 Å². The minimum absolute atomic E-state index is 0.490. The number of hydrogen-bond acceptors (Lipinski definition) is 0. The van der Waals surface area contributed by atoms with Crippen molar-refractivity contribution in [2.75, 3.05) is 0 Å². The average molecular weight is 559 g/mol. The molecule has 0 saturated heterocycles. The van der Waals surface area contributed by atoms with Gasteiger partial charge in [0.1, 0.15) is 0 Å². The molecule has 0 bridgehead atoms. The summed E-state index contributed by atoms with van der Waals surface area (Å²) in [6, 6.07) is 61.0. The summed E-state index contributed by atoms with van der Waals surface area (Å²) in [6.07, 6.45) is 0. The SMILES string of the molecule is Cc1ccc2c(c1)C(c1ccccc1)(c1c3ccccc3c(-c3cccc4ccccc34)c3ccccc13)c1ccccc1-2. The molecule has 0 fully saturated rings. The first-order chi connectivity index (χ1) is 21.8. The van der Waals surface area contributed by atoms with Gasteiger partial charge in [-0.1, -0.05) is 169 Å². The third kappa shape index (κ3) is 3.34. The number of rotatable bonds is 3. The minimum Gasteiger partial charge on any atom is -0.0622 e. The van der Waals surface area contributed by atoms with E-state index in [1.165, 1.54) is 82.4 Å². The van der Waals surface area contributed by atoms with Gasteiger partial charge in [-0.05, 0) is 83.7 Å². The van der Waals surface area contributed by atoms with E-state index in [2.05, 4.69) is 171 Å². The molecule has 0 aromatic heterocycles. The van der Waals surface area contributed by atoms with Crippen LogP contribution in [-0.4, -0.2) is 0 Å². The van der Waals surface area contributed by atoms with E-state index >= 15 is 0 Å². The van der Waals surface area contributed by atoms with E-state index in [9.17, 15) is 0 Å². The molecule has 8 aromatic rings. The lowest BCUT2D eigenvalue weighted by Crippen LogP contribution is -2.29. The highest BCUT2D eigenvalue weighted by Crippen LogP contribution is 2.59. The third-order valence-electron chi connectivity index (χ3n) is 9.77. The van der Waals surface area contributed by atoms with Crippen molar-refractivity contribution in [3.63, 3.8) is 0 Å². The maximum Gasteiger partial charge on any atom is 0.0725 e. The highest BCUT2D eigenvalue weighted by atomic mass is 14.5. The fraction of sp³-hybridized carbons (Fsp3) is 0.0455. The maximum atomic E-state index is 2.44. The molecule has 0 nitrogen and oxygen atoms in total. The summed E-state index contributed by atoms with van der Waals surface area (Å²) < 4.78 is 0. The normalized spacial score (nSPS) is 15.5. The van der Waals surface area contributed by atoms with Crippen LogP contribution in [0.2, 0.25) is 0 Å². The van der Waals surface area contributed by atoms with Crippen LogP contribution in [0.3, 0.4) is 0 Å². The monoisotopic (exact) mass is 558 g/mol. The van der Waals surface area contributed by atoms with E-state index in [-0.39, 0.29) is 0 Å². The third-order valence-corrected chi connectivity index (χ3v) is 9.77. The second kappa shape index (κ2) is 9.53. The predicted octanol–water partition coefficient (Wildman–Crippen LogP) is 11.5. The first-order valence-corrected chi connectivity index (χ1v) is 15.5. The lowest BCUT2D eigenvalue weighted by Gasteiger charge is -2.36. The van der Waals surface area contributed by atoms with Crippen molar-refractivity contribution in [1.29, 1.82) is 0 Å². The smallest absolute Gasteiger partial charge is 0.0622 e. The van der Waals surface area contributed by atoms with Crippen LogP contribution in [-0.2, 0) is 5.41 Å². The molecule has 1 unspecified atom stereocenters. The van der Waals surface area contributed by atoms with E-state index in [0.29, 0.717) is 0 Å².